The van der Waals surface area contributed by atoms with Gasteiger partial charge in [-0.05, 0) is 53.6 Å². The van der Waals surface area contributed by atoms with Crippen LogP contribution in [0.4, 0.5) is 0 Å². The van der Waals surface area contributed by atoms with E-state index >= 15 is 0 Å². The number of hydrogen-bond acceptors (Lipinski definition) is 5. The van der Waals surface area contributed by atoms with E-state index in [1.54, 1.807) is 0 Å². The summed E-state index contributed by atoms with van der Waals surface area (Å²) in [7, 11) is 0. The highest BCUT2D eigenvalue weighted by molar-refractivity contribution is 7.26. The molecule has 0 saturated carbocycles. The number of rotatable bonds is 5. The lowest BCUT2D eigenvalue weighted by atomic mass is 9.95. The average Bonchev–Trinajstić information content (AvgIpc) is 3.78. The van der Waals surface area contributed by atoms with Crippen molar-refractivity contribution in [1.29, 1.82) is 0 Å². The van der Waals surface area contributed by atoms with Crippen molar-refractivity contribution in [3.63, 3.8) is 0 Å². The zero-order valence-electron chi connectivity index (χ0n) is 26.7. The Balaban J connectivity index is 1.23. The second kappa shape index (κ2) is 11.6. The Morgan fingerprint density at radius 1 is 0.460 bits per heavy atom. The van der Waals surface area contributed by atoms with Gasteiger partial charge >= 0.3 is 0 Å². The first-order chi connectivity index (χ1) is 24.8. The van der Waals surface area contributed by atoms with Gasteiger partial charge in [0.05, 0.1) is 11.4 Å². The van der Waals surface area contributed by atoms with Gasteiger partial charge in [-0.25, -0.2) is 9.97 Å². The number of benzene rings is 6. The summed E-state index contributed by atoms with van der Waals surface area (Å²) < 4.78 is 9.31. The minimum absolute atomic E-state index is 0.674. The summed E-state index contributed by atoms with van der Waals surface area (Å²) in [6.07, 6.45) is 3.65. The monoisotopic (exact) mass is 657 g/mol. The smallest absolute Gasteiger partial charge is 0.160 e. The molecule has 0 N–H and O–H groups in total. The lowest BCUT2D eigenvalue weighted by Crippen LogP contribution is -1.96. The molecule has 4 aromatic heterocycles. The Bertz CT molecular complexity index is 2870. The SMILES string of the molecule is c1ccc(-c2nc(-c3cccc(-c4ccncc4)c3)cc(-c3ccc(-c4cccc5c4sc4ccccc45)c4oc5ccccc5c34)n2)cc1. The fraction of sp³-hybridized carbons (Fsp3) is 0. The van der Waals surface area contributed by atoms with Crippen molar-refractivity contribution in [3.05, 3.63) is 164 Å². The van der Waals surface area contributed by atoms with Crippen LogP contribution in [-0.4, -0.2) is 15.0 Å². The molecule has 4 heterocycles. The van der Waals surface area contributed by atoms with E-state index in [1.807, 2.05) is 66.2 Å². The maximum absolute atomic E-state index is 6.77. The van der Waals surface area contributed by atoms with Crippen molar-refractivity contribution in [2.24, 2.45) is 0 Å². The van der Waals surface area contributed by atoms with Crippen LogP contribution in [0.2, 0.25) is 0 Å². The van der Waals surface area contributed by atoms with Crippen LogP contribution >= 0.6 is 11.3 Å². The van der Waals surface area contributed by atoms with E-state index in [4.69, 9.17) is 14.4 Å². The molecule has 0 aliphatic heterocycles. The van der Waals surface area contributed by atoms with Crippen LogP contribution in [0.1, 0.15) is 0 Å². The maximum Gasteiger partial charge on any atom is 0.160 e. The van der Waals surface area contributed by atoms with Gasteiger partial charge in [-0.3, -0.25) is 4.98 Å². The Kier molecular flexibility index (Phi) is 6.64. The summed E-state index contributed by atoms with van der Waals surface area (Å²) >= 11 is 1.83. The Morgan fingerprint density at radius 3 is 2.06 bits per heavy atom. The van der Waals surface area contributed by atoms with Gasteiger partial charge in [0.1, 0.15) is 11.2 Å². The van der Waals surface area contributed by atoms with E-state index < -0.39 is 0 Å². The molecule has 0 saturated heterocycles. The second-order valence-electron chi connectivity index (χ2n) is 12.4. The van der Waals surface area contributed by atoms with Crippen molar-refractivity contribution in [2.75, 3.05) is 0 Å². The third kappa shape index (κ3) is 4.71. The van der Waals surface area contributed by atoms with Gasteiger partial charge in [-0.15, -0.1) is 11.3 Å². The van der Waals surface area contributed by atoms with E-state index in [0.717, 1.165) is 66.7 Å². The van der Waals surface area contributed by atoms with Crippen LogP contribution < -0.4 is 0 Å². The summed E-state index contributed by atoms with van der Waals surface area (Å²) in [5, 5.41) is 4.65. The fourth-order valence-electron chi connectivity index (χ4n) is 7.06. The first-order valence-electron chi connectivity index (χ1n) is 16.6. The van der Waals surface area contributed by atoms with E-state index in [1.165, 1.54) is 25.7 Å². The van der Waals surface area contributed by atoms with Gasteiger partial charge in [0.15, 0.2) is 5.82 Å². The molecule has 0 spiro atoms. The number of hydrogen-bond donors (Lipinski definition) is 0. The zero-order chi connectivity index (χ0) is 33.0. The van der Waals surface area contributed by atoms with Gasteiger partial charge in [-0.1, -0.05) is 109 Å². The average molecular weight is 658 g/mol. The number of fused-ring (bicyclic) bond motifs is 6. The number of nitrogens with zero attached hydrogens (tertiary/aromatic N) is 3. The van der Waals surface area contributed by atoms with Crippen molar-refractivity contribution >= 4 is 53.4 Å². The summed E-state index contributed by atoms with van der Waals surface area (Å²) in [5.74, 6) is 0.674. The van der Waals surface area contributed by atoms with Gasteiger partial charge < -0.3 is 4.42 Å². The molecule has 234 valence electrons. The Labute approximate surface area is 292 Å². The topological polar surface area (TPSA) is 51.8 Å². The van der Waals surface area contributed by atoms with Crippen LogP contribution in [-0.2, 0) is 0 Å². The predicted molar refractivity (Wildman–Crippen MR) is 207 cm³/mol. The van der Waals surface area contributed by atoms with Crippen molar-refractivity contribution in [1.82, 2.24) is 15.0 Å². The molecule has 0 radical (unpaired) electrons. The summed E-state index contributed by atoms with van der Waals surface area (Å²) in [4.78, 5) is 14.6. The lowest BCUT2D eigenvalue weighted by molar-refractivity contribution is 0.670. The molecule has 4 nitrogen and oxygen atoms in total. The third-order valence-electron chi connectivity index (χ3n) is 9.43. The minimum atomic E-state index is 0.674. The third-order valence-corrected chi connectivity index (χ3v) is 10.6. The van der Waals surface area contributed by atoms with Gasteiger partial charge in [0, 0.05) is 71.2 Å². The number of pyridine rings is 1. The molecular formula is C45H27N3OS. The van der Waals surface area contributed by atoms with Gasteiger partial charge in [0.25, 0.3) is 0 Å². The van der Waals surface area contributed by atoms with Crippen LogP contribution in [0, 0.1) is 0 Å². The minimum Gasteiger partial charge on any atom is -0.455 e. The Hall–Kier alpha value is -6.43. The van der Waals surface area contributed by atoms with E-state index in [2.05, 4.69) is 114 Å². The van der Waals surface area contributed by atoms with E-state index in [0.29, 0.717) is 5.82 Å². The highest BCUT2D eigenvalue weighted by atomic mass is 32.1. The standard InChI is InChI=1S/C45H27N3OS/c1-2-10-29(11-3-1)45-47-38(31-13-8-12-30(26-31)28-22-24-46-25-23-28)27-39(48-45)36-21-20-33(43-42(36)37-15-4-6-18-40(37)49-43)35-17-9-16-34-32-14-5-7-19-41(32)50-44(34)35/h1-27H. The van der Waals surface area contributed by atoms with Crippen LogP contribution in [0.3, 0.4) is 0 Å². The van der Waals surface area contributed by atoms with Crippen LogP contribution in [0.15, 0.2) is 168 Å². The van der Waals surface area contributed by atoms with Crippen molar-refractivity contribution < 1.29 is 4.42 Å². The quantitative estimate of drug-likeness (QED) is 0.185. The molecule has 5 heteroatoms. The Morgan fingerprint density at radius 2 is 1.16 bits per heavy atom. The van der Waals surface area contributed by atoms with Crippen molar-refractivity contribution in [3.8, 4) is 56.2 Å². The highest BCUT2D eigenvalue weighted by Gasteiger charge is 2.21. The number of thiophene rings is 1. The fourth-order valence-corrected chi connectivity index (χ4v) is 8.30. The molecule has 10 aromatic rings. The number of aromatic nitrogens is 3. The molecule has 0 atom stereocenters. The van der Waals surface area contributed by atoms with Crippen LogP contribution in [0.5, 0.6) is 0 Å². The molecule has 6 aromatic carbocycles. The molecule has 10 rings (SSSR count). The highest BCUT2D eigenvalue weighted by Crippen LogP contribution is 2.46. The summed E-state index contributed by atoms with van der Waals surface area (Å²) in [6, 6.07) is 52.8. The molecule has 0 aliphatic carbocycles. The molecule has 0 fully saturated rings. The summed E-state index contributed by atoms with van der Waals surface area (Å²) in [6.45, 7) is 0. The molecular weight excluding hydrogens is 631 g/mol. The van der Waals surface area contributed by atoms with Gasteiger partial charge in [-0.2, -0.15) is 0 Å². The lowest BCUT2D eigenvalue weighted by Gasteiger charge is -2.12. The van der Waals surface area contributed by atoms with E-state index in [-0.39, 0.29) is 0 Å². The maximum atomic E-state index is 6.77. The van der Waals surface area contributed by atoms with E-state index in [9.17, 15) is 0 Å². The van der Waals surface area contributed by atoms with Crippen LogP contribution in [0.25, 0.3) is 98.3 Å². The molecule has 0 unspecified atom stereocenters. The molecule has 50 heavy (non-hydrogen) atoms. The predicted octanol–water partition coefficient (Wildman–Crippen LogP) is 12.5. The molecule has 0 bridgehead atoms. The first kappa shape index (κ1) is 28.6. The second-order valence-corrected chi connectivity index (χ2v) is 13.4. The molecule has 0 aliphatic rings. The molecule has 0 amide bonds. The first-order valence-corrected chi connectivity index (χ1v) is 17.4. The largest absolute Gasteiger partial charge is 0.455 e. The summed E-state index contributed by atoms with van der Waals surface area (Å²) in [5.41, 5.74) is 10.8. The van der Waals surface area contributed by atoms with Crippen molar-refractivity contribution in [2.45, 2.75) is 0 Å². The normalized spacial score (nSPS) is 11.6. The zero-order valence-corrected chi connectivity index (χ0v) is 27.6. The number of para-hydroxylation sites is 1. The number of furan rings is 1. The van der Waals surface area contributed by atoms with Gasteiger partial charge in [0.2, 0.25) is 0 Å².